The predicted octanol–water partition coefficient (Wildman–Crippen LogP) is 3.32. The molecule has 0 heterocycles. The summed E-state index contributed by atoms with van der Waals surface area (Å²) >= 11 is 0. The summed E-state index contributed by atoms with van der Waals surface area (Å²) in [5.74, 6) is -0.230. The molecule has 0 aliphatic rings. The Labute approximate surface area is 99.5 Å². The standard InChI is InChI=1S/C13H26O3/c1-3-5-7-8-9-11-16-13(14)12-15-10-6-4-2/h3-12H2,1-2H3. The van der Waals surface area contributed by atoms with E-state index in [1.54, 1.807) is 0 Å². The van der Waals surface area contributed by atoms with Crippen molar-refractivity contribution in [3.05, 3.63) is 0 Å². The van der Waals surface area contributed by atoms with Gasteiger partial charge in [-0.25, -0.2) is 4.79 Å². The summed E-state index contributed by atoms with van der Waals surface area (Å²) < 4.78 is 10.2. The van der Waals surface area contributed by atoms with Crippen molar-refractivity contribution in [3.8, 4) is 0 Å². The van der Waals surface area contributed by atoms with E-state index in [-0.39, 0.29) is 12.6 Å². The molecule has 3 nitrogen and oxygen atoms in total. The minimum Gasteiger partial charge on any atom is -0.464 e. The average Bonchev–Trinajstić information content (AvgIpc) is 2.29. The lowest BCUT2D eigenvalue weighted by atomic mass is 10.2. The van der Waals surface area contributed by atoms with Crippen molar-refractivity contribution in [2.75, 3.05) is 19.8 Å². The lowest BCUT2D eigenvalue weighted by Gasteiger charge is -2.05. The van der Waals surface area contributed by atoms with E-state index in [4.69, 9.17) is 9.47 Å². The smallest absolute Gasteiger partial charge is 0.332 e. The molecule has 0 aliphatic carbocycles. The molecule has 0 atom stereocenters. The van der Waals surface area contributed by atoms with Crippen molar-refractivity contribution in [1.29, 1.82) is 0 Å². The molecule has 0 unspecified atom stereocenters. The molecule has 0 aromatic heterocycles. The predicted molar refractivity (Wildman–Crippen MR) is 65.4 cm³/mol. The minimum atomic E-state index is -0.230. The van der Waals surface area contributed by atoms with Crippen LogP contribution in [0.3, 0.4) is 0 Å². The molecule has 0 N–H and O–H groups in total. The Balaban J connectivity index is 3.11. The van der Waals surface area contributed by atoms with E-state index in [1.807, 2.05) is 0 Å². The van der Waals surface area contributed by atoms with Crippen LogP contribution < -0.4 is 0 Å². The topological polar surface area (TPSA) is 35.5 Å². The van der Waals surface area contributed by atoms with Gasteiger partial charge in [0.1, 0.15) is 6.61 Å². The second-order valence-corrected chi connectivity index (χ2v) is 4.04. The first-order chi connectivity index (χ1) is 7.81. The van der Waals surface area contributed by atoms with Gasteiger partial charge in [-0.3, -0.25) is 0 Å². The zero-order valence-electron chi connectivity index (χ0n) is 10.8. The van der Waals surface area contributed by atoms with Gasteiger partial charge in [0.05, 0.1) is 6.61 Å². The lowest BCUT2D eigenvalue weighted by Crippen LogP contribution is -2.13. The quantitative estimate of drug-likeness (QED) is 0.403. The highest BCUT2D eigenvalue weighted by Gasteiger charge is 2.01. The van der Waals surface area contributed by atoms with Crippen molar-refractivity contribution in [3.63, 3.8) is 0 Å². The molecule has 0 saturated carbocycles. The number of carbonyl (C=O) groups excluding carboxylic acids is 1. The van der Waals surface area contributed by atoms with Crippen LogP contribution in [-0.4, -0.2) is 25.8 Å². The van der Waals surface area contributed by atoms with Crippen LogP contribution in [0.4, 0.5) is 0 Å². The van der Waals surface area contributed by atoms with E-state index < -0.39 is 0 Å². The summed E-state index contributed by atoms with van der Waals surface area (Å²) in [7, 11) is 0. The molecule has 0 aromatic carbocycles. The molecule has 3 heteroatoms. The molecule has 0 radical (unpaired) electrons. The van der Waals surface area contributed by atoms with Crippen LogP contribution in [0.2, 0.25) is 0 Å². The molecule has 0 aliphatic heterocycles. The van der Waals surface area contributed by atoms with Crippen LogP contribution in [-0.2, 0) is 14.3 Å². The van der Waals surface area contributed by atoms with E-state index >= 15 is 0 Å². The van der Waals surface area contributed by atoms with Crippen LogP contribution in [0.25, 0.3) is 0 Å². The van der Waals surface area contributed by atoms with Crippen molar-refractivity contribution in [1.82, 2.24) is 0 Å². The van der Waals surface area contributed by atoms with Crippen LogP contribution in [0.15, 0.2) is 0 Å². The maximum atomic E-state index is 11.1. The van der Waals surface area contributed by atoms with E-state index in [1.165, 1.54) is 19.3 Å². The number of ether oxygens (including phenoxy) is 2. The molecule has 0 rings (SSSR count). The first-order valence-corrected chi connectivity index (χ1v) is 6.54. The number of esters is 1. The van der Waals surface area contributed by atoms with Gasteiger partial charge in [0.2, 0.25) is 0 Å². The Morgan fingerprint density at radius 3 is 2.25 bits per heavy atom. The molecule has 96 valence electrons. The van der Waals surface area contributed by atoms with Gasteiger partial charge in [-0.1, -0.05) is 46.0 Å². The highest BCUT2D eigenvalue weighted by molar-refractivity contribution is 5.70. The maximum absolute atomic E-state index is 11.1. The molecule has 16 heavy (non-hydrogen) atoms. The van der Waals surface area contributed by atoms with Gasteiger partial charge in [-0.2, -0.15) is 0 Å². The molecule has 0 bridgehead atoms. The first kappa shape index (κ1) is 15.4. The Morgan fingerprint density at radius 2 is 1.56 bits per heavy atom. The van der Waals surface area contributed by atoms with E-state index in [9.17, 15) is 4.79 Å². The SMILES string of the molecule is CCCCCCCOC(=O)COCCCC. The van der Waals surface area contributed by atoms with Crippen LogP contribution in [0, 0.1) is 0 Å². The second kappa shape index (κ2) is 12.5. The van der Waals surface area contributed by atoms with Gasteiger partial charge in [0.15, 0.2) is 0 Å². The van der Waals surface area contributed by atoms with Crippen molar-refractivity contribution < 1.29 is 14.3 Å². The van der Waals surface area contributed by atoms with Crippen molar-refractivity contribution in [2.24, 2.45) is 0 Å². The Hall–Kier alpha value is -0.570. The zero-order valence-corrected chi connectivity index (χ0v) is 10.8. The minimum absolute atomic E-state index is 0.106. The third kappa shape index (κ3) is 11.5. The summed E-state index contributed by atoms with van der Waals surface area (Å²) in [5.41, 5.74) is 0. The van der Waals surface area contributed by atoms with Gasteiger partial charge in [-0.15, -0.1) is 0 Å². The number of hydrogen-bond donors (Lipinski definition) is 0. The fraction of sp³-hybridized carbons (Fsp3) is 0.923. The Kier molecular flexibility index (Phi) is 12.1. The molecule has 0 fully saturated rings. The first-order valence-electron chi connectivity index (χ1n) is 6.54. The van der Waals surface area contributed by atoms with Gasteiger partial charge in [0.25, 0.3) is 0 Å². The van der Waals surface area contributed by atoms with Crippen LogP contribution in [0.1, 0.15) is 58.8 Å². The maximum Gasteiger partial charge on any atom is 0.332 e. The Bertz CT molecular complexity index is 157. The third-order valence-electron chi connectivity index (χ3n) is 2.37. The van der Waals surface area contributed by atoms with Crippen LogP contribution >= 0.6 is 0 Å². The molecule has 0 spiro atoms. The summed E-state index contributed by atoms with van der Waals surface area (Å²) in [6.45, 7) is 5.59. The lowest BCUT2D eigenvalue weighted by molar-refractivity contribution is -0.149. The highest BCUT2D eigenvalue weighted by atomic mass is 16.6. The average molecular weight is 230 g/mol. The number of hydrogen-bond acceptors (Lipinski definition) is 3. The van der Waals surface area contributed by atoms with Gasteiger partial charge in [0, 0.05) is 6.61 Å². The monoisotopic (exact) mass is 230 g/mol. The fourth-order valence-electron chi connectivity index (χ4n) is 1.34. The summed E-state index contributed by atoms with van der Waals surface area (Å²) in [5, 5.41) is 0. The zero-order chi connectivity index (χ0) is 12.1. The largest absolute Gasteiger partial charge is 0.464 e. The Morgan fingerprint density at radius 1 is 0.875 bits per heavy atom. The fourth-order valence-corrected chi connectivity index (χ4v) is 1.34. The van der Waals surface area contributed by atoms with E-state index in [0.717, 1.165) is 25.7 Å². The molecule has 0 saturated heterocycles. The van der Waals surface area contributed by atoms with Crippen molar-refractivity contribution >= 4 is 5.97 Å². The summed E-state index contributed by atoms with van der Waals surface area (Å²) in [4.78, 5) is 11.1. The van der Waals surface area contributed by atoms with Gasteiger partial charge in [-0.05, 0) is 12.8 Å². The molecular weight excluding hydrogens is 204 g/mol. The number of unbranched alkanes of at least 4 members (excludes halogenated alkanes) is 5. The summed E-state index contributed by atoms with van der Waals surface area (Å²) in [6.07, 6.45) is 7.97. The second-order valence-electron chi connectivity index (χ2n) is 4.04. The van der Waals surface area contributed by atoms with E-state index in [0.29, 0.717) is 13.2 Å². The molecular formula is C13H26O3. The summed E-state index contributed by atoms with van der Waals surface area (Å²) in [6, 6.07) is 0. The number of rotatable bonds is 11. The highest BCUT2D eigenvalue weighted by Crippen LogP contribution is 2.02. The normalized spacial score (nSPS) is 10.4. The van der Waals surface area contributed by atoms with Gasteiger partial charge < -0.3 is 9.47 Å². The third-order valence-corrected chi connectivity index (χ3v) is 2.37. The molecule has 0 amide bonds. The van der Waals surface area contributed by atoms with Gasteiger partial charge >= 0.3 is 5.97 Å². The van der Waals surface area contributed by atoms with Crippen LogP contribution in [0.5, 0.6) is 0 Å². The van der Waals surface area contributed by atoms with E-state index in [2.05, 4.69) is 13.8 Å². The molecule has 0 aromatic rings. The van der Waals surface area contributed by atoms with Crippen molar-refractivity contribution in [2.45, 2.75) is 58.8 Å². The number of carbonyl (C=O) groups is 1.